The van der Waals surface area contributed by atoms with Crippen LogP contribution in [0.25, 0.3) is 26.3 Å². The average Bonchev–Trinajstić information content (AvgIpc) is 3.08. The molecule has 0 aliphatic heterocycles. The van der Waals surface area contributed by atoms with Crippen LogP contribution in [0.5, 0.6) is 0 Å². The zero-order valence-corrected chi connectivity index (χ0v) is 13.7. The number of imidazole rings is 1. The second-order valence-electron chi connectivity index (χ2n) is 5.08. The average molecular weight is 329 g/mol. The minimum absolute atomic E-state index is 0.758. The van der Waals surface area contributed by atoms with E-state index in [2.05, 4.69) is 28.4 Å². The third-order valence-corrected chi connectivity index (χ3v) is 5.28. The lowest BCUT2D eigenvalue weighted by Crippen LogP contribution is -1.99. The van der Waals surface area contributed by atoms with Crippen LogP contribution in [0.15, 0.2) is 36.5 Å². The molecule has 0 aliphatic rings. The fourth-order valence-electron chi connectivity index (χ4n) is 2.60. The number of rotatable bonds is 2. The van der Waals surface area contributed by atoms with Gasteiger partial charge in [0.15, 0.2) is 5.65 Å². The van der Waals surface area contributed by atoms with Gasteiger partial charge in [-0.2, -0.15) is 0 Å². The van der Waals surface area contributed by atoms with Crippen LogP contribution in [0.4, 0.5) is 5.82 Å². The summed E-state index contributed by atoms with van der Waals surface area (Å²) in [6.45, 7) is 2.12. The van der Waals surface area contributed by atoms with Gasteiger partial charge < -0.3 is 5.32 Å². The normalized spacial score (nSPS) is 11.4. The lowest BCUT2D eigenvalue weighted by atomic mass is 10.1. The van der Waals surface area contributed by atoms with Gasteiger partial charge in [-0.15, -0.1) is 16.4 Å². The highest BCUT2D eigenvalue weighted by atomic mass is 35.5. The van der Waals surface area contributed by atoms with Crippen molar-refractivity contribution in [2.24, 2.45) is 0 Å². The van der Waals surface area contributed by atoms with E-state index in [9.17, 15) is 0 Å². The number of nitrogens with one attached hydrogen (secondary N) is 1. The van der Waals surface area contributed by atoms with Gasteiger partial charge in [-0.3, -0.25) is 0 Å². The third kappa shape index (κ3) is 1.97. The number of hydrogen-bond donors (Lipinski definition) is 1. The Morgan fingerprint density at radius 3 is 2.91 bits per heavy atom. The smallest absolute Gasteiger partial charge is 0.154 e. The first-order valence-electron chi connectivity index (χ1n) is 6.89. The van der Waals surface area contributed by atoms with Crippen LogP contribution in [0.3, 0.4) is 0 Å². The molecule has 0 aliphatic carbocycles. The molecule has 0 saturated carbocycles. The van der Waals surface area contributed by atoms with Gasteiger partial charge in [0.2, 0.25) is 0 Å². The molecule has 0 bridgehead atoms. The van der Waals surface area contributed by atoms with Crippen molar-refractivity contribution in [1.82, 2.24) is 14.6 Å². The van der Waals surface area contributed by atoms with Crippen molar-refractivity contribution in [2.75, 3.05) is 12.4 Å². The Labute approximate surface area is 136 Å². The number of aryl methyl sites for hydroxylation is 1. The van der Waals surface area contributed by atoms with Gasteiger partial charge in [-0.25, -0.2) is 9.50 Å². The van der Waals surface area contributed by atoms with E-state index in [4.69, 9.17) is 11.6 Å². The number of halogens is 1. The third-order valence-electron chi connectivity index (χ3n) is 3.75. The molecule has 4 rings (SSSR count). The number of hydrogen-bond acceptors (Lipinski definition) is 4. The molecule has 0 radical (unpaired) electrons. The highest BCUT2D eigenvalue weighted by Gasteiger charge is 2.15. The molecule has 0 atom stereocenters. The van der Waals surface area contributed by atoms with Gasteiger partial charge in [0.05, 0.1) is 11.1 Å². The molecule has 0 fully saturated rings. The second kappa shape index (κ2) is 4.97. The molecular formula is C16H13ClN4S. The number of benzene rings is 1. The summed E-state index contributed by atoms with van der Waals surface area (Å²) in [6.07, 6.45) is 1.88. The summed E-state index contributed by atoms with van der Waals surface area (Å²) >= 11 is 7.86. The van der Waals surface area contributed by atoms with E-state index in [-0.39, 0.29) is 0 Å². The summed E-state index contributed by atoms with van der Waals surface area (Å²) in [6, 6.07) is 9.89. The summed E-state index contributed by atoms with van der Waals surface area (Å²) in [7, 11) is 1.86. The van der Waals surface area contributed by atoms with E-state index >= 15 is 0 Å². The molecule has 0 amide bonds. The van der Waals surface area contributed by atoms with E-state index in [1.165, 1.54) is 20.5 Å². The molecule has 110 valence electrons. The van der Waals surface area contributed by atoms with E-state index in [1.807, 2.05) is 42.0 Å². The minimum atomic E-state index is 0.758. The maximum atomic E-state index is 6.13. The molecule has 0 unspecified atom stereocenters. The molecule has 3 heterocycles. The van der Waals surface area contributed by atoms with Crippen molar-refractivity contribution >= 4 is 44.5 Å². The first kappa shape index (κ1) is 13.5. The quantitative estimate of drug-likeness (QED) is 0.584. The van der Waals surface area contributed by atoms with Gasteiger partial charge in [0.25, 0.3) is 0 Å². The molecule has 22 heavy (non-hydrogen) atoms. The van der Waals surface area contributed by atoms with Crippen LogP contribution in [0, 0.1) is 6.92 Å². The lowest BCUT2D eigenvalue weighted by molar-refractivity contribution is 0.947. The minimum Gasteiger partial charge on any atom is -0.372 e. The first-order chi connectivity index (χ1) is 10.7. The monoisotopic (exact) mass is 328 g/mol. The first-order valence-corrected chi connectivity index (χ1v) is 8.08. The number of fused-ring (bicyclic) bond motifs is 2. The Kier molecular flexibility index (Phi) is 3.06. The molecule has 4 aromatic rings. The SMILES string of the molecule is CNc1ccc2ncc(-c3sc4ccc(Cl)cc4c3C)n2n1. The van der Waals surface area contributed by atoms with Crippen LogP contribution in [0.1, 0.15) is 5.56 Å². The predicted molar refractivity (Wildman–Crippen MR) is 93.1 cm³/mol. The van der Waals surface area contributed by atoms with E-state index < -0.39 is 0 Å². The van der Waals surface area contributed by atoms with Crippen molar-refractivity contribution < 1.29 is 0 Å². The van der Waals surface area contributed by atoms with Gasteiger partial charge in [-0.1, -0.05) is 11.6 Å². The van der Waals surface area contributed by atoms with E-state index in [1.54, 1.807) is 11.3 Å². The number of aromatic nitrogens is 3. The summed E-state index contributed by atoms with van der Waals surface area (Å²) in [5.41, 5.74) is 3.05. The Bertz CT molecular complexity index is 1000. The van der Waals surface area contributed by atoms with E-state index in [0.717, 1.165) is 22.2 Å². The summed E-state index contributed by atoms with van der Waals surface area (Å²) in [5, 5.41) is 9.59. The van der Waals surface area contributed by atoms with Crippen LogP contribution in [0.2, 0.25) is 5.02 Å². The highest BCUT2D eigenvalue weighted by Crippen LogP contribution is 2.39. The summed E-state index contributed by atoms with van der Waals surface area (Å²) < 4.78 is 3.10. The van der Waals surface area contributed by atoms with Crippen LogP contribution in [-0.2, 0) is 0 Å². The van der Waals surface area contributed by atoms with Gasteiger partial charge >= 0.3 is 0 Å². The standard InChI is InChI=1S/C16H13ClN4S/c1-9-11-7-10(17)3-4-13(11)22-16(9)12-8-19-15-6-5-14(18-2)20-21(12)15/h3-8H,1-2H3,(H,18,20). The lowest BCUT2D eigenvalue weighted by Gasteiger charge is -2.03. The molecular weight excluding hydrogens is 316 g/mol. The van der Waals surface area contributed by atoms with Crippen molar-refractivity contribution in [3.63, 3.8) is 0 Å². The molecule has 4 nitrogen and oxygen atoms in total. The molecule has 0 saturated heterocycles. The molecule has 0 spiro atoms. The van der Waals surface area contributed by atoms with Crippen LogP contribution >= 0.6 is 22.9 Å². The maximum Gasteiger partial charge on any atom is 0.154 e. The maximum absolute atomic E-state index is 6.13. The zero-order chi connectivity index (χ0) is 15.3. The Hall–Kier alpha value is -2.11. The predicted octanol–water partition coefficient (Wildman–Crippen LogP) is 4.61. The second-order valence-corrected chi connectivity index (χ2v) is 6.57. The fourth-order valence-corrected chi connectivity index (χ4v) is 3.96. The van der Waals surface area contributed by atoms with Gasteiger partial charge in [0, 0.05) is 16.8 Å². The van der Waals surface area contributed by atoms with Crippen molar-refractivity contribution in [2.45, 2.75) is 6.92 Å². The Morgan fingerprint density at radius 2 is 2.09 bits per heavy atom. The van der Waals surface area contributed by atoms with Crippen molar-refractivity contribution in [3.05, 3.63) is 47.1 Å². The molecule has 1 aromatic carbocycles. The van der Waals surface area contributed by atoms with Crippen LogP contribution in [-0.4, -0.2) is 21.6 Å². The van der Waals surface area contributed by atoms with Crippen LogP contribution < -0.4 is 5.32 Å². The zero-order valence-electron chi connectivity index (χ0n) is 12.1. The molecule has 1 N–H and O–H groups in total. The number of thiophene rings is 1. The summed E-state index contributed by atoms with van der Waals surface area (Å²) in [4.78, 5) is 5.62. The number of anilines is 1. The molecule has 3 aromatic heterocycles. The van der Waals surface area contributed by atoms with Gasteiger partial charge in [0.1, 0.15) is 11.5 Å². The van der Waals surface area contributed by atoms with Crippen molar-refractivity contribution in [3.8, 4) is 10.6 Å². The van der Waals surface area contributed by atoms with Crippen molar-refractivity contribution in [1.29, 1.82) is 0 Å². The van der Waals surface area contributed by atoms with E-state index in [0.29, 0.717) is 0 Å². The largest absolute Gasteiger partial charge is 0.372 e. The molecule has 6 heteroatoms. The topological polar surface area (TPSA) is 42.2 Å². The fraction of sp³-hybridized carbons (Fsp3) is 0.125. The van der Waals surface area contributed by atoms with Gasteiger partial charge in [-0.05, 0) is 48.2 Å². The number of nitrogens with zero attached hydrogens (tertiary/aromatic N) is 3. The Morgan fingerprint density at radius 1 is 1.23 bits per heavy atom. The Balaban J connectivity index is 2.00. The summed E-state index contributed by atoms with van der Waals surface area (Å²) in [5.74, 6) is 0.813. The highest BCUT2D eigenvalue weighted by molar-refractivity contribution is 7.22.